The van der Waals surface area contributed by atoms with Gasteiger partial charge in [0.25, 0.3) is 0 Å². The molecule has 3 aromatic heterocycles. The van der Waals surface area contributed by atoms with Crippen LogP contribution in [0.4, 0.5) is 5.95 Å². The van der Waals surface area contributed by atoms with Crippen LogP contribution in [0.15, 0.2) is 29.9 Å². The number of benzene rings is 1. The minimum Gasteiger partial charge on any atom is -0.339 e. The molecule has 9 heteroatoms. The van der Waals surface area contributed by atoms with Crippen molar-refractivity contribution in [3.8, 4) is 21.7 Å². The highest BCUT2D eigenvalue weighted by Crippen LogP contribution is 2.38. The minimum atomic E-state index is 0.467. The molecule has 2 atom stereocenters. The molecule has 2 aliphatic heterocycles. The standard InChI is InChI=1S/C23H25N7S2/c1-13-8-20(32-29-13)18-7-6-17(22-21(18)25-12-31-22)19-11-24-23(28-27-19)30(2)16-9-14-4-3-5-15(10-16)26-14/h6-8,11-12,14-16,26H,3-5,9-10H2,1-2H3/t14-,15-/m1/s1. The number of hydrogen-bond acceptors (Lipinski definition) is 9. The quantitative estimate of drug-likeness (QED) is 0.470. The molecule has 2 bridgehead atoms. The number of fused-ring (bicyclic) bond motifs is 3. The summed E-state index contributed by atoms with van der Waals surface area (Å²) in [5.41, 5.74) is 6.83. The Balaban J connectivity index is 1.28. The fraction of sp³-hybridized carbons (Fsp3) is 0.435. The van der Waals surface area contributed by atoms with Crippen LogP contribution in [0.1, 0.15) is 37.8 Å². The molecule has 0 radical (unpaired) electrons. The van der Waals surface area contributed by atoms with Crippen molar-refractivity contribution in [2.24, 2.45) is 0 Å². The van der Waals surface area contributed by atoms with Crippen LogP contribution in [-0.4, -0.2) is 49.7 Å². The highest BCUT2D eigenvalue weighted by Gasteiger charge is 2.33. The van der Waals surface area contributed by atoms with E-state index in [-0.39, 0.29) is 0 Å². The lowest BCUT2D eigenvalue weighted by molar-refractivity contribution is 0.218. The van der Waals surface area contributed by atoms with Crippen LogP contribution in [0.5, 0.6) is 0 Å². The molecule has 0 saturated carbocycles. The summed E-state index contributed by atoms with van der Waals surface area (Å²) in [6.45, 7) is 2.02. The summed E-state index contributed by atoms with van der Waals surface area (Å²) in [6.07, 6.45) is 8.06. The number of aryl methyl sites for hydroxylation is 1. The summed E-state index contributed by atoms with van der Waals surface area (Å²) >= 11 is 3.14. The highest BCUT2D eigenvalue weighted by molar-refractivity contribution is 7.17. The molecule has 6 rings (SSSR count). The smallest absolute Gasteiger partial charge is 0.245 e. The van der Waals surface area contributed by atoms with E-state index in [1.165, 1.54) is 30.8 Å². The predicted molar refractivity (Wildman–Crippen MR) is 130 cm³/mol. The molecular formula is C23H25N7S2. The van der Waals surface area contributed by atoms with Crippen LogP contribution in [0.25, 0.3) is 31.9 Å². The highest BCUT2D eigenvalue weighted by atomic mass is 32.1. The maximum absolute atomic E-state index is 4.71. The molecule has 0 aliphatic carbocycles. The summed E-state index contributed by atoms with van der Waals surface area (Å²) in [7, 11) is 2.11. The molecule has 1 aromatic carbocycles. The van der Waals surface area contributed by atoms with E-state index in [0.29, 0.717) is 24.1 Å². The van der Waals surface area contributed by atoms with Crippen molar-refractivity contribution in [3.05, 3.63) is 35.6 Å². The van der Waals surface area contributed by atoms with Crippen molar-refractivity contribution in [2.45, 2.75) is 57.2 Å². The number of anilines is 1. The zero-order valence-electron chi connectivity index (χ0n) is 18.2. The Morgan fingerprint density at radius 1 is 1.06 bits per heavy atom. The molecule has 5 heterocycles. The topological polar surface area (TPSA) is 79.7 Å². The van der Waals surface area contributed by atoms with Crippen molar-refractivity contribution in [3.63, 3.8) is 0 Å². The summed E-state index contributed by atoms with van der Waals surface area (Å²) in [5, 5.41) is 12.9. The fourth-order valence-corrected chi connectivity index (χ4v) is 6.73. The average Bonchev–Trinajstić information content (AvgIpc) is 3.47. The van der Waals surface area contributed by atoms with Gasteiger partial charge in [0, 0.05) is 36.3 Å². The van der Waals surface area contributed by atoms with E-state index in [1.807, 2.05) is 18.6 Å². The van der Waals surface area contributed by atoms with E-state index >= 15 is 0 Å². The van der Waals surface area contributed by atoms with E-state index in [1.54, 1.807) is 11.3 Å². The molecule has 2 fully saturated rings. The van der Waals surface area contributed by atoms with Crippen molar-refractivity contribution >= 4 is 39.0 Å². The lowest BCUT2D eigenvalue weighted by Crippen LogP contribution is -2.54. The zero-order chi connectivity index (χ0) is 21.7. The number of thiazole rings is 1. The Labute approximate surface area is 195 Å². The first-order chi connectivity index (χ1) is 15.7. The van der Waals surface area contributed by atoms with Crippen molar-refractivity contribution in [2.75, 3.05) is 11.9 Å². The average molecular weight is 464 g/mol. The maximum Gasteiger partial charge on any atom is 0.245 e. The molecule has 0 unspecified atom stereocenters. The maximum atomic E-state index is 4.71. The van der Waals surface area contributed by atoms with Gasteiger partial charge in [-0.15, -0.1) is 21.5 Å². The predicted octanol–water partition coefficient (Wildman–Crippen LogP) is 4.69. The molecule has 7 nitrogen and oxygen atoms in total. The lowest BCUT2D eigenvalue weighted by atomic mass is 9.83. The molecule has 2 saturated heterocycles. The molecule has 0 amide bonds. The van der Waals surface area contributed by atoms with Gasteiger partial charge in [-0.25, -0.2) is 9.97 Å². The van der Waals surface area contributed by atoms with E-state index in [0.717, 1.165) is 50.5 Å². The third-order valence-corrected chi connectivity index (χ3v) is 8.53. The zero-order valence-corrected chi connectivity index (χ0v) is 19.8. The van der Waals surface area contributed by atoms with E-state index in [2.05, 4.69) is 55.0 Å². The third kappa shape index (κ3) is 3.58. The Bertz CT molecular complexity index is 1240. The largest absolute Gasteiger partial charge is 0.339 e. The summed E-state index contributed by atoms with van der Waals surface area (Å²) in [6, 6.07) is 8.05. The van der Waals surface area contributed by atoms with Crippen LogP contribution in [-0.2, 0) is 0 Å². The Kier molecular flexibility index (Phi) is 5.12. The van der Waals surface area contributed by atoms with Gasteiger partial charge in [0.1, 0.15) is 5.69 Å². The number of nitrogens with one attached hydrogen (secondary N) is 1. The van der Waals surface area contributed by atoms with Gasteiger partial charge < -0.3 is 10.2 Å². The normalized spacial score (nSPS) is 22.9. The van der Waals surface area contributed by atoms with Gasteiger partial charge in [0.15, 0.2) is 0 Å². The van der Waals surface area contributed by atoms with Gasteiger partial charge in [0.05, 0.1) is 32.5 Å². The summed E-state index contributed by atoms with van der Waals surface area (Å²) in [5.74, 6) is 0.705. The van der Waals surface area contributed by atoms with Crippen LogP contribution < -0.4 is 10.2 Å². The molecular weight excluding hydrogens is 438 g/mol. The minimum absolute atomic E-state index is 0.467. The lowest BCUT2D eigenvalue weighted by Gasteiger charge is -2.43. The second kappa shape index (κ2) is 8.13. The molecule has 2 aliphatic rings. The van der Waals surface area contributed by atoms with E-state index < -0.39 is 0 Å². The Morgan fingerprint density at radius 3 is 2.59 bits per heavy atom. The van der Waals surface area contributed by atoms with Crippen molar-refractivity contribution in [1.82, 2.24) is 29.9 Å². The van der Waals surface area contributed by atoms with E-state index in [4.69, 9.17) is 4.98 Å². The van der Waals surface area contributed by atoms with Gasteiger partial charge in [-0.05, 0) is 50.2 Å². The fourth-order valence-electron chi connectivity index (χ4n) is 5.11. The monoisotopic (exact) mass is 463 g/mol. The van der Waals surface area contributed by atoms with Crippen LogP contribution in [0, 0.1) is 6.92 Å². The number of nitrogens with zero attached hydrogens (tertiary/aromatic N) is 6. The summed E-state index contributed by atoms with van der Waals surface area (Å²) < 4.78 is 5.53. The van der Waals surface area contributed by atoms with Crippen molar-refractivity contribution < 1.29 is 0 Å². The van der Waals surface area contributed by atoms with Gasteiger partial charge in [-0.2, -0.15) is 4.37 Å². The SMILES string of the molecule is Cc1cc(-c2ccc(-c3cnc(N(C)C4C[C@H]5CCC[C@H](C4)N5)nn3)c3scnc23)sn1. The Morgan fingerprint density at radius 2 is 1.88 bits per heavy atom. The summed E-state index contributed by atoms with van der Waals surface area (Å²) in [4.78, 5) is 12.7. The first-order valence-electron chi connectivity index (χ1n) is 11.1. The number of piperidine rings is 2. The van der Waals surface area contributed by atoms with Crippen molar-refractivity contribution in [1.29, 1.82) is 0 Å². The van der Waals surface area contributed by atoms with Crippen LogP contribution in [0.2, 0.25) is 0 Å². The van der Waals surface area contributed by atoms with Crippen LogP contribution >= 0.6 is 22.9 Å². The second-order valence-electron chi connectivity index (χ2n) is 8.89. The first kappa shape index (κ1) is 20.1. The van der Waals surface area contributed by atoms with Gasteiger partial charge in [0.2, 0.25) is 5.95 Å². The van der Waals surface area contributed by atoms with Gasteiger partial charge >= 0.3 is 0 Å². The molecule has 1 N–H and O–H groups in total. The molecule has 0 spiro atoms. The van der Waals surface area contributed by atoms with Crippen LogP contribution in [0.3, 0.4) is 0 Å². The number of aromatic nitrogens is 5. The second-order valence-corrected chi connectivity index (χ2v) is 10.6. The number of hydrogen-bond donors (Lipinski definition) is 1. The molecule has 32 heavy (non-hydrogen) atoms. The first-order valence-corrected chi connectivity index (χ1v) is 12.8. The van der Waals surface area contributed by atoms with Gasteiger partial charge in [-0.3, -0.25) is 0 Å². The molecule has 4 aromatic rings. The Hall–Kier alpha value is -2.49. The molecule has 164 valence electrons. The third-order valence-electron chi connectivity index (χ3n) is 6.76. The van der Waals surface area contributed by atoms with E-state index in [9.17, 15) is 0 Å². The van der Waals surface area contributed by atoms with Gasteiger partial charge in [-0.1, -0.05) is 18.6 Å². The number of rotatable bonds is 4.